The number of nitrogens with zero attached hydrogens (tertiary/aromatic N) is 3. The third kappa shape index (κ3) is 5.62. The molecule has 0 aliphatic carbocycles. The van der Waals surface area contributed by atoms with Crippen LogP contribution in [0, 0.1) is 0 Å². The van der Waals surface area contributed by atoms with Crippen molar-refractivity contribution in [2.45, 2.75) is 39.0 Å². The molecule has 1 aliphatic rings. The van der Waals surface area contributed by atoms with Crippen LogP contribution < -0.4 is 4.74 Å². The molecule has 2 aromatic heterocycles. The van der Waals surface area contributed by atoms with Gasteiger partial charge in [0.1, 0.15) is 12.4 Å². The molecule has 32 heavy (non-hydrogen) atoms. The summed E-state index contributed by atoms with van der Waals surface area (Å²) in [6.45, 7) is 3.31. The maximum absolute atomic E-state index is 11.5. The van der Waals surface area contributed by atoms with Crippen LogP contribution >= 0.6 is 0 Å². The predicted octanol–water partition coefficient (Wildman–Crippen LogP) is 4.80. The lowest BCUT2D eigenvalue weighted by Crippen LogP contribution is -2.20. The molecule has 0 N–H and O–H groups in total. The number of ether oxygens (including phenoxy) is 3. The van der Waals surface area contributed by atoms with Crippen molar-refractivity contribution < 1.29 is 19.0 Å². The highest BCUT2D eigenvalue weighted by molar-refractivity contribution is 5.87. The molecule has 4 rings (SSSR count). The smallest absolute Gasteiger partial charge is 0.330 e. The van der Waals surface area contributed by atoms with Gasteiger partial charge in [0.25, 0.3) is 0 Å². The van der Waals surface area contributed by atoms with Gasteiger partial charge < -0.3 is 14.2 Å². The van der Waals surface area contributed by atoms with E-state index in [9.17, 15) is 4.79 Å². The van der Waals surface area contributed by atoms with Crippen LogP contribution in [0.25, 0.3) is 17.5 Å². The molecule has 0 bridgehead atoms. The van der Waals surface area contributed by atoms with Crippen LogP contribution in [0.1, 0.15) is 43.5 Å². The van der Waals surface area contributed by atoms with Crippen molar-refractivity contribution in [3.05, 3.63) is 72.1 Å². The molecule has 3 heterocycles. The maximum Gasteiger partial charge on any atom is 0.330 e. The normalized spacial score (nSPS) is 16.2. The third-order valence-electron chi connectivity index (χ3n) is 5.15. The summed E-state index contributed by atoms with van der Waals surface area (Å²) < 4.78 is 18.6. The second kappa shape index (κ2) is 10.7. The molecule has 1 unspecified atom stereocenters. The third-order valence-corrected chi connectivity index (χ3v) is 5.15. The van der Waals surface area contributed by atoms with E-state index in [0.29, 0.717) is 19.0 Å². The van der Waals surface area contributed by atoms with Crippen LogP contribution in [0.3, 0.4) is 0 Å². The fourth-order valence-corrected chi connectivity index (χ4v) is 3.59. The van der Waals surface area contributed by atoms with Crippen molar-refractivity contribution in [3.8, 4) is 17.1 Å². The number of hydrogen-bond donors (Lipinski definition) is 0. The topological polar surface area (TPSA) is 75.5 Å². The molecule has 1 aliphatic heterocycles. The van der Waals surface area contributed by atoms with Crippen LogP contribution in [-0.4, -0.2) is 33.9 Å². The number of rotatable bonds is 8. The summed E-state index contributed by atoms with van der Waals surface area (Å²) in [5.74, 6) is 0.331. The molecule has 1 atom stereocenters. The second-order valence-electron chi connectivity index (χ2n) is 7.48. The van der Waals surface area contributed by atoms with Gasteiger partial charge in [0.15, 0.2) is 6.23 Å². The fraction of sp³-hybridized carbons (Fsp3) is 0.320. The summed E-state index contributed by atoms with van der Waals surface area (Å²) in [5, 5.41) is 4.45. The number of hydrogen-bond acceptors (Lipinski definition) is 6. The van der Waals surface area contributed by atoms with Gasteiger partial charge in [-0.25, -0.2) is 9.48 Å². The minimum Gasteiger partial charge on any atom is -0.487 e. The molecule has 0 amide bonds. The summed E-state index contributed by atoms with van der Waals surface area (Å²) in [6, 6.07) is 13.6. The van der Waals surface area contributed by atoms with Gasteiger partial charge in [-0.3, -0.25) is 4.98 Å². The van der Waals surface area contributed by atoms with Crippen molar-refractivity contribution in [1.29, 1.82) is 0 Å². The number of aromatic nitrogens is 3. The largest absolute Gasteiger partial charge is 0.487 e. The molecule has 0 radical (unpaired) electrons. The first-order chi connectivity index (χ1) is 15.7. The molecule has 0 saturated carbocycles. The van der Waals surface area contributed by atoms with Gasteiger partial charge >= 0.3 is 5.97 Å². The Bertz CT molecular complexity index is 1050. The van der Waals surface area contributed by atoms with Gasteiger partial charge in [0, 0.05) is 18.9 Å². The summed E-state index contributed by atoms with van der Waals surface area (Å²) in [4.78, 5) is 16.1. The second-order valence-corrected chi connectivity index (χ2v) is 7.48. The molecule has 1 saturated heterocycles. The fourth-order valence-electron chi connectivity index (χ4n) is 3.59. The highest BCUT2D eigenvalue weighted by Crippen LogP contribution is 2.28. The van der Waals surface area contributed by atoms with E-state index in [1.165, 1.54) is 6.08 Å². The molecule has 1 fully saturated rings. The van der Waals surface area contributed by atoms with E-state index < -0.39 is 0 Å². The number of carbonyl (C=O) groups excluding carboxylic acids is 1. The molecule has 166 valence electrons. The monoisotopic (exact) mass is 433 g/mol. The first-order valence-electron chi connectivity index (χ1n) is 10.9. The van der Waals surface area contributed by atoms with E-state index in [2.05, 4.69) is 10.1 Å². The zero-order chi connectivity index (χ0) is 22.2. The lowest BCUT2D eigenvalue weighted by molar-refractivity contribution is -0.137. The van der Waals surface area contributed by atoms with Gasteiger partial charge in [-0.05, 0) is 67.7 Å². The standard InChI is InChI=1S/C25H27N3O4/c1-2-30-25(29)12-9-19-6-5-7-20(16-19)18-32-21-10-11-22(26-17-21)23-13-14-27-28(23)24-8-3-4-15-31-24/h5-7,9-14,16-17,24H,2-4,8,15,18H2,1H3/b12-9+. The van der Waals surface area contributed by atoms with E-state index >= 15 is 0 Å². The molecule has 7 heteroatoms. The zero-order valence-electron chi connectivity index (χ0n) is 18.1. The van der Waals surface area contributed by atoms with E-state index in [0.717, 1.165) is 48.4 Å². The van der Waals surface area contributed by atoms with Crippen molar-refractivity contribution in [1.82, 2.24) is 14.8 Å². The molecule has 3 aromatic rings. The highest BCUT2D eigenvalue weighted by atomic mass is 16.5. The lowest BCUT2D eigenvalue weighted by atomic mass is 10.1. The predicted molar refractivity (Wildman–Crippen MR) is 121 cm³/mol. The van der Waals surface area contributed by atoms with Gasteiger partial charge in [0.05, 0.1) is 24.2 Å². The van der Waals surface area contributed by atoms with Crippen LogP contribution in [-0.2, 0) is 20.9 Å². The lowest BCUT2D eigenvalue weighted by Gasteiger charge is -2.24. The van der Waals surface area contributed by atoms with Crippen molar-refractivity contribution >= 4 is 12.0 Å². The molecule has 1 aromatic carbocycles. The molecular formula is C25H27N3O4. The Hall–Kier alpha value is -3.45. The van der Waals surface area contributed by atoms with Gasteiger partial charge in [0.2, 0.25) is 0 Å². The first kappa shape index (κ1) is 21.8. The van der Waals surface area contributed by atoms with Crippen molar-refractivity contribution in [2.75, 3.05) is 13.2 Å². The Kier molecular flexibility index (Phi) is 7.30. The summed E-state index contributed by atoms with van der Waals surface area (Å²) in [7, 11) is 0. The Balaban J connectivity index is 1.38. The average molecular weight is 434 g/mol. The van der Waals surface area contributed by atoms with E-state index in [1.807, 2.05) is 47.1 Å². The van der Waals surface area contributed by atoms with Crippen LogP contribution in [0.2, 0.25) is 0 Å². The van der Waals surface area contributed by atoms with Crippen LogP contribution in [0.15, 0.2) is 60.9 Å². The van der Waals surface area contributed by atoms with Crippen LogP contribution in [0.5, 0.6) is 5.75 Å². The summed E-state index contributed by atoms with van der Waals surface area (Å²) in [6.07, 6.45) is 9.83. The van der Waals surface area contributed by atoms with E-state index in [-0.39, 0.29) is 12.2 Å². The van der Waals surface area contributed by atoms with Gasteiger partial charge in [-0.15, -0.1) is 0 Å². The Morgan fingerprint density at radius 3 is 2.97 bits per heavy atom. The van der Waals surface area contributed by atoms with Crippen molar-refractivity contribution in [2.24, 2.45) is 0 Å². The SMILES string of the molecule is CCOC(=O)/C=C/c1cccc(COc2ccc(-c3ccnn3C3CCCCO3)nc2)c1. The van der Waals surface area contributed by atoms with E-state index in [4.69, 9.17) is 14.2 Å². The minimum absolute atomic E-state index is 0.0309. The molecular weight excluding hydrogens is 406 g/mol. The first-order valence-corrected chi connectivity index (χ1v) is 10.9. The Morgan fingerprint density at radius 1 is 1.25 bits per heavy atom. The maximum atomic E-state index is 11.5. The van der Waals surface area contributed by atoms with Gasteiger partial charge in [-0.1, -0.05) is 18.2 Å². The molecule has 7 nitrogen and oxygen atoms in total. The quantitative estimate of drug-likeness (QED) is 0.375. The Labute approximate surface area is 187 Å². The zero-order valence-corrected chi connectivity index (χ0v) is 18.1. The molecule has 0 spiro atoms. The highest BCUT2D eigenvalue weighted by Gasteiger charge is 2.20. The minimum atomic E-state index is -0.350. The van der Waals surface area contributed by atoms with Crippen molar-refractivity contribution in [3.63, 3.8) is 0 Å². The van der Waals surface area contributed by atoms with Gasteiger partial charge in [-0.2, -0.15) is 5.10 Å². The van der Waals surface area contributed by atoms with Crippen LogP contribution in [0.4, 0.5) is 0 Å². The summed E-state index contributed by atoms with van der Waals surface area (Å²) >= 11 is 0. The summed E-state index contributed by atoms with van der Waals surface area (Å²) in [5.41, 5.74) is 3.66. The number of pyridine rings is 1. The van der Waals surface area contributed by atoms with E-state index in [1.54, 1.807) is 25.4 Å². The number of esters is 1. The number of carbonyl (C=O) groups is 1. The Morgan fingerprint density at radius 2 is 2.19 bits per heavy atom. The number of benzene rings is 1. The average Bonchev–Trinajstić information content (AvgIpc) is 3.33.